The molecule has 2 unspecified atom stereocenters. The van der Waals surface area contributed by atoms with Gasteiger partial charge in [-0.15, -0.1) is 0 Å². The van der Waals surface area contributed by atoms with E-state index < -0.39 is 0 Å². The van der Waals surface area contributed by atoms with E-state index in [1.807, 2.05) is 6.07 Å². The molecule has 1 saturated carbocycles. The molecule has 3 rings (SSSR count). The number of rotatable bonds is 3. The van der Waals surface area contributed by atoms with Crippen molar-refractivity contribution < 1.29 is 0 Å². The molecule has 0 spiro atoms. The second kappa shape index (κ2) is 5.62. The highest BCUT2D eigenvalue weighted by Crippen LogP contribution is 2.49. The first-order valence-corrected chi connectivity index (χ1v) is 8.27. The molecule has 0 heterocycles. The van der Waals surface area contributed by atoms with E-state index >= 15 is 0 Å². The van der Waals surface area contributed by atoms with Crippen molar-refractivity contribution in [3.8, 4) is 0 Å². The maximum atomic E-state index is 6.37. The summed E-state index contributed by atoms with van der Waals surface area (Å²) in [6.07, 6.45) is 3.96. The average Bonchev–Trinajstić information content (AvgIpc) is 2.82. The van der Waals surface area contributed by atoms with Crippen molar-refractivity contribution in [2.24, 2.45) is 11.3 Å². The van der Waals surface area contributed by atoms with Gasteiger partial charge in [-0.3, -0.25) is 0 Å². The Bertz CT molecular complexity index is 647. The standard InChI is InChI=1S/C19H24ClN/c1-19(2)12-6-9-16(19)18(21-3)15-10-11-17(20)14-8-5-4-7-13(14)15/h4-5,7-8,10-11,16,18,21H,6,9,12H2,1-3H3. The monoisotopic (exact) mass is 301 g/mol. The molecule has 0 radical (unpaired) electrons. The minimum absolute atomic E-state index is 0.393. The van der Waals surface area contributed by atoms with Crippen LogP contribution in [0.15, 0.2) is 36.4 Å². The Morgan fingerprint density at radius 3 is 2.48 bits per heavy atom. The van der Waals surface area contributed by atoms with Crippen molar-refractivity contribution in [3.05, 3.63) is 47.0 Å². The van der Waals surface area contributed by atoms with Gasteiger partial charge in [0.1, 0.15) is 0 Å². The zero-order valence-electron chi connectivity index (χ0n) is 13.1. The third-order valence-corrected chi connectivity index (χ3v) is 5.62. The lowest BCUT2D eigenvalue weighted by atomic mass is 9.75. The summed E-state index contributed by atoms with van der Waals surface area (Å²) in [6, 6.07) is 13.1. The van der Waals surface area contributed by atoms with Crippen LogP contribution in [0.5, 0.6) is 0 Å². The molecular weight excluding hydrogens is 278 g/mol. The van der Waals surface area contributed by atoms with Gasteiger partial charge in [-0.1, -0.05) is 62.2 Å². The first-order valence-electron chi connectivity index (χ1n) is 7.89. The van der Waals surface area contributed by atoms with Crippen molar-refractivity contribution >= 4 is 22.4 Å². The van der Waals surface area contributed by atoms with E-state index in [-0.39, 0.29) is 0 Å². The summed E-state index contributed by atoms with van der Waals surface area (Å²) in [4.78, 5) is 0. The highest BCUT2D eigenvalue weighted by Gasteiger charge is 2.39. The Balaban J connectivity index is 2.12. The summed E-state index contributed by atoms with van der Waals surface area (Å²) in [6.45, 7) is 4.82. The van der Waals surface area contributed by atoms with Crippen LogP contribution in [0.2, 0.25) is 5.02 Å². The van der Waals surface area contributed by atoms with Gasteiger partial charge in [0.15, 0.2) is 0 Å². The quantitative estimate of drug-likeness (QED) is 0.780. The highest BCUT2D eigenvalue weighted by molar-refractivity contribution is 6.35. The second-order valence-corrected chi connectivity index (χ2v) is 7.34. The summed E-state index contributed by atoms with van der Waals surface area (Å²) in [5, 5.41) is 6.87. The number of benzene rings is 2. The molecule has 2 heteroatoms. The topological polar surface area (TPSA) is 12.0 Å². The van der Waals surface area contributed by atoms with Crippen LogP contribution in [0.3, 0.4) is 0 Å². The molecule has 0 amide bonds. The summed E-state index contributed by atoms with van der Waals surface area (Å²) in [5.74, 6) is 0.673. The Hall–Kier alpha value is -1.05. The van der Waals surface area contributed by atoms with Gasteiger partial charge in [0.05, 0.1) is 0 Å². The van der Waals surface area contributed by atoms with Gasteiger partial charge in [-0.25, -0.2) is 0 Å². The smallest absolute Gasteiger partial charge is 0.0484 e. The minimum Gasteiger partial charge on any atom is -0.313 e. The van der Waals surface area contributed by atoms with Crippen molar-refractivity contribution in [3.63, 3.8) is 0 Å². The second-order valence-electron chi connectivity index (χ2n) is 6.94. The molecule has 0 saturated heterocycles. The zero-order valence-corrected chi connectivity index (χ0v) is 13.9. The van der Waals surface area contributed by atoms with Crippen LogP contribution >= 0.6 is 11.6 Å². The molecule has 1 fully saturated rings. The first-order chi connectivity index (χ1) is 10.0. The van der Waals surface area contributed by atoms with Crippen LogP contribution in [-0.2, 0) is 0 Å². The van der Waals surface area contributed by atoms with E-state index in [0.717, 1.165) is 10.4 Å². The molecule has 0 aromatic heterocycles. The minimum atomic E-state index is 0.393. The molecule has 0 bridgehead atoms. The van der Waals surface area contributed by atoms with Gasteiger partial charge in [-0.05, 0) is 48.2 Å². The Morgan fingerprint density at radius 2 is 1.86 bits per heavy atom. The molecule has 2 atom stereocenters. The van der Waals surface area contributed by atoms with Crippen molar-refractivity contribution in [1.29, 1.82) is 0 Å². The number of halogens is 1. The Morgan fingerprint density at radius 1 is 1.14 bits per heavy atom. The van der Waals surface area contributed by atoms with Crippen molar-refractivity contribution in [2.45, 2.75) is 39.2 Å². The maximum Gasteiger partial charge on any atom is 0.0484 e. The average molecular weight is 302 g/mol. The van der Waals surface area contributed by atoms with E-state index in [1.54, 1.807) is 0 Å². The summed E-state index contributed by atoms with van der Waals surface area (Å²) in [5.41, 5.74) is 1.78. The van der Waals surface area contributed by atoms with Crippen molar-refractivity contribution in [1.82, 2.24) is 5.32 Å². The third kappa shape index (κ3) is 2.58. The van der Waals surface area contributed by atoms with Gasteiger partial charge < -0.3 is 5.32 Å². The summed E-state index contributed by atoms with van der Waals surface area (Å²) < 4.78 is 0. The number of nitrogens with one attached hydrogen (secondary N) is 1. The maximum absolute atomic E-state index is 6.37. The van der Waals surface area contributed by atoms with Crippen LogP contribution in [-0.4, -0.2) is 7.05 Å². The molecule has 1 aliphatic rings. The van der Waals surface area contributed by atoms with Crippen LogP contribution < -0.4 is 5.32 Å². The molecule has 1 N–H and O–H groups in total. The fourth-order valence-electron chi connectivity index (χ4n) is 4.10. The van der Waals surface area contributed by atoms with E-state index in [1.165, 1.54) is 30.2 Å². The lowest BCUT2D eigenvalue weighted by molar-refractivity contribution is 0.204. The lowest BCUT2D eigenvalue weighted by Gasteiger charge is -2.35. The fourth-order valence-corrected chi connectivity index (χ4v) is 4.33. The predicted molar refractivity (Wildman–Crippen MR) is 91.9 cm³/mol. The third-order valence-electron chi connectivity index (χ3n) is 5.29. The van der Waals surface area contributed by atoms with Crippen LogP contribution in [0.25, 0.3) is 10.8 Å². The Labute approximate surface area is 132 Å². The van der Waals surface area contributed by atoms with E-state index in [9.17, 15) is 0 Å². The van der Waals surface area contributed by atoms with Gasteiger partial charge in [0.25, 0.3) is 0 Å². The van der Waals surface area contributed by atoms with Crippen molar-refractivity contribution in [2.75, 3.05) is 7.05 Å². The molecule has 0 aliphatic heterocycles. The normalized spacial score (nSPS) is 22.6. The molecule has 21 heavy (non-hydrogen) atoms. The van der Waals surface area contributed by atoms with E-state index in [4.69, 9.17) is 11.6 Å². The predicted octanol–water partition coefficient (Wildman–Crippen LogP) is 5.58. The number of hydrogen-bond donors (Lipinski definition) is 1. The van der Waals surface area contributed by atoms with Gasteiger partial charge in [0.2, 0.25) is 0 Å². The zero-order chi connectivity index (χ0) is 15.0. The van der Waals surface area contributed by atoms with Gasteiger partial charge in [0, 0.05) is 16.5 Å². The van der Waals surface area contributed by atoms with Gasteiger partial charge >= 0.3 is 0 Å². The molecule has 1 aliphatic carbocycles. The highest BCUT2D eigenvalue weighted by atomic mass is 35.5. The number of hydrogen-bond acceptors (Lipinski definition) is 1. The van der Waals surface area contributed by atoms with E-state index in [0.29, 0.717) is 17.4 Å². The van der Waals surface area contributed by atoms with Crippen LogP contribution in [0, 0.1) is 11.3 Å². The molecular formula is C19H24ClN. The largest absolute Gasteiger partial charge is 0.313 e. The summed E-state index contributed by atoms with van der Waals surface area (Å²) in [7, 11) is 2.09. The number of fused-ring (bicyclic) bond motifs is 1. The van der Waals surface area contributed by atoms with Gasteiger partial charge in [-0.2, -0.15) is 0 Å². The van der Waals surface area contributed by atoms with Crippen LogP contribution in [0.1, 0.15) is 44.7 Å². The molecule has 2 aromatic carbocycles. The summed E-state index contributed by atoms with van der Waals surface area (Å²) >= 11 is 6.37. The lowest BCUT2D eigenvalue weighted by Crippen LogP contribution is -2.32. The first kappa shape index (κ1) is 14.9. The molecule has 2 aromatic rings. The Kier molecular flexibility index (Phi) is 3.98. The van der Waals surface area contributed by atoms with E-state index in [2.05, 4.69) is 56.5 Å². The SMILES string of the molecule is CNC(c1ccc(Cl)c2ccccc12)C1CCCC1(C)C. The molecule has 112 valence electrons. The molecule has 1 nitrogen and oxygen atoms in total. The van der Waals surface area contributed by atoms with Crippen LogP contribution in [0.4, 0.5) is 0 Å². The fraction of sp³-hybridized carbons (Fsp3) is 0.474.